The molecule has 3 rings (SSSR count). The predicted octanol–water partition coefficient (Wildman–Crippen LogP) is 3.05. The van der Waals surface area contributed by atoms with Gasteiger partial charge in [-0.1, -0.05) is 23.9 Å². The Morgan fingerprint density at radius 2 is 2.08 bits per heavy atom. The number of hydrogen-bond acceptors (Lipinski definition) is 7. The van der Waals surface area contributed by atoms with Gasteiger partial charge in [-0.3, -0.25) is 14.9 Å². The molecule has 0 saturated carbocycles. The summed E-state index contributed by atoms with van der Waals surface area (Å²) < 4.78 is 5.14. The number of rotatable bonds is 7. The van der Waals surface area contributed by atoms with E-state index in [9.17, 15) is 14.9 Å². The molecule has 0 aliphatic rings. The topological polar surface area (TPSA) is 111 Å². The lowest BCUT2D eigenvalue weighted by Crippen LogP contribution is -2.24. The van der Waals surface area contributed by atoms with Crippen molar-refractivity contribution in [3.8, 4) is 11.3 Å². The van der Waals surface area contributed by atoms with Crippen LogP contribution in [0.1, 0.15) is 5.76 Å². The summed E-state index contributed by atoms with van der Waals surface area (Å²) in [6.45, 7) is 0.337. The zero-order valence-electron chi connectivity index (χ0n) is 13.5. The van der Waals surface area contributed by atoms with Crippen LogP contribution in [-0.4, -0.2) is 26.8 Å². The summed E-state index contributed by atoms with van der Waals surface area (Å²) in [5.74, 6) is 0.742. The number of furan rings is 1. The maximum Gasteiger partial charge on any atom is 0.270 e. The van der Waals surface area contributed by atoms with Crippen LogP contribution in [0.5, 0.6) is 0 Å². The Morgan fingerprint density at radius 1 is 1.19 bits per heavy atom. The number of aromatic nitrogens is 2. The minimum atomic E-state index is -0.456. The average Bonchev–Trinajstić information content (AvgIpc) is 3.19. The van der Waals surface area contributed by atoms with Crippen molar-refractivity contribution in [2.75, 3.05) is 5.75 Å². The zero-order valence-corrected chi connectivity index (χ0v) is 14.3. The molecular formula is C17H14N4O4S. The number of nitro benzene ring substituents is 1. The van der Waals surface area contributed by atoms with Crippen LogP contribution in [0.15, 0.2) is 64.2 Å². The maximum absolute atomic E-state index is 11.8. The van der Waals surface area contributed by atoms with E-state index in [1.54, 1.807) is 42.7 Å². The number of amides is 1. The Balaban J connectivity index is 1.55. The molecule has 2 aromatic heterocycles. The van der Waals surface area contributed by atoms with E-state index in [0.29, 0.717) is 28.6 Å². The summed E-state index contributed by atoms with van der Waals surface area (Å²) in [5.41, 5.74) is 1.13. The number of carbonyl (C=O) groups excluding carboxylic acids is 1. The van der Waals surface area contributed by atoms with Crippen LogP contribution in [0, 0.1) is 10.1 Å². The summed E-state index contributed by atoms with van der Waals surface area (Å²) in [7, 11) is 0. The monoisotopic (exact) mass is 370 g/mol. The van der Waals surface area contributed by atoms with Crippen LogP contribution in [0.3, 0.4) is 0 Å². The minimum Gasteiger partial charge on any atom is -0.467 e. The fourth-order valence-electron chi connectivity index (χ4n) is 2.12. The summed E-state index contributed by atoms with van der Waals surface area (Å²) in [6.07, 6.45) is 1.55. The van der Waals surface area contributed by atoms with Gasteiger partial charge in [0.15, 0.2) is 0 Å². The number of nitro groups is 1. The minimum absolute atomic E-state index is 0.00372. The molecule has 3 aromatic rings. The molecule has 0 aliphatic heterocycles. The Bertz CT molecular complexity index is 897. The smallest absolute Gasteiger partial charge is 0.270 e. The highest BCUT2D eigenvalue weighted by Gasteiger charge is 2.09. The fraction of sp³-hybridized carbons (Fsp3) is 0.118. The van der Waals surface area contributed by atoms with E-state index in [1.165, 1.54) is 23.9 Å². The van der Waals surface area contributed by atoms with Gasteiger partial charge in [0, 0.05) is 17.7 Å². The number of thioether (sulfide) groups is 1. The first-order chi connectivity index (χ1) is 12.6. The molecule has 9 heteroatoms. The molecule has 0 atom stereocenters. The SMILES string of the molecule is O=C(CSc1ccc(-c2cccc([N+](=O)[O-])c2)nn1)NCc1ccco1. The largest absolute Gasteiger partial charge is 0.467 e. The molecule has 0 bridgehead atoms. The fourth-order valence-corrected chi connectivity index (χ4v) is 2.76. The molecular weight excluding hydrogens is 356 g/mol. The number of nitrogens with zero attached hydrogens (tertiary/aromatic N) is 3. The Hall–Kier alpha value is -3.20. The third-order valence-electron chi connectivity index (χ3n) is 3.38. The van der Waals surface area contributed by atoms with Crippen molar-refractivity contribution in [2.24, 2.45) is 0 Å². The standard InChI is InChI=1S/C17H14N4O4S/c22-16(18-10-14-5-2-8-25-14)11-26-17-7-6-15(19-20-17)12-3-1-4-13(9-12)21(23)24/h1-9H,10-11H2,(H,18,22). The van der Waals surface area contributed by atoms with Crippen molar-refractivity contribution in [2.45, 2.75) is 11.6 Å². The summed E-state index contributed by atoms with van der Waals surface area (Å²) in [4.78, 5) is 22.2. The summed E-state index contributed by atoms with van der Waals surface area (Å²) in [6, 6.07) is 13.2. The van der Waals surface area contributed by atoms with E-state index >= 15 is 0 Å². The van der Waals surface area contributed by atoms with Gasteiger partial charge in [0.1, 0.15) is 10.8 Å². The number of carbonyl (C=O) groups is 1. The van der Waals surface area contributed by atoms with Gasteiger partial charge < -0.3 is 9.73 Å². The van der Waals surface area contributed by atoms with Gasteiger partial charge in [-0.15, -0.1) is 10.2 Å². The van der Waals surface area contributed by atoms with Crippen molar-refractivity contribution in [3.63, 3.8) is 0 Å². The summed E-state index contributed by atoms with van der Waals surface area (Å²) >= 11 is 1.25. The molecule has 26 heavy (non-hydrogen) atoms. The lowest BCUT2D eigenvalue weighted by atomic mass is 10.1. The number of hydrogen-bond donors (Lipinski definition) is 1. The molecule has 8 nitrogen and oxygen atoms in total. The predicted molar refractivity (Wildman–Crippen MR) is 95.4 cm³/mol. The average molecular weight is 370 g/mol. The maximum atomic E-state index is 11.8. The van der Waals surface area contributed by atoms with Crippen LogP contribution < -0.4 is 5.32 Å². The molecule has 1 N–H and O–H groups in total. The first-order valence-electron chi connectivity index (χ1n) is 7.62. The second kappa shape index (κ2) is 8.26. The van der Waals surface area contributed by atoms with Crippen molar-refractivity contribution >= 4 is 23.4 Å². The highest BCUT2D eigenvalue weighted by molar-refractivity contribution is 7.99. The quantitative estimate of drug-likeness (QED) is 0.386. The Morgan fingerprint density at radius 3 is 2.77 bits per heavy atom. The molecule has 0 unspecified atom stereocenters. The number of benzene rings is 1. The molecule has 0 radical (unpaired) electrons. The highest BCUT2D eigenvalue weighted by atomic mass is 32.2. The van der Waals surface area contributed by atoms with Crippen LogP contribution in [0.2, 0.25) is 0 Å². The second-order valence-corrected chi connectivity index (χ2v) is 6.20. The van der Waals surface area contributed by atoms with Crippen molar-refractivity contribution < 1.29 is 14.1 Å². The highest BCUT2D eigenvalue weighted by Crippen LogP contribution is 2.23. The van der Waals surface area contributed by atoms with Gasteiger partial charge in [0.2, 0.25) is 5.91 Å². The van der Waals surface area contributed by atoms with Crippen molar-refractivity contribution in [1.82, 2.24) is 15.5 Å². The third-order valence-corrected chi connectivity index (χ3v) is 4.30. The molecule has 0 spiro atoms. The Kier molecular flexibility index (Phi) is 5.59. The molecule has 132 valence electrons. The van der Waals surface area contributed by atoms with E-state index in [-0.39, 0.29) is 17.3 Å². The molecule has 0 saturated heterocycles. The van der Waals surface area contributed by atoms with E-state index in [2.05, 4.69) is 15.5 Å². The first kappa shape index (κ1) is 17.6. The molecule has 1 amide bonds. The molecule has 0 aliphatic carbocycles. The Labute approximate surface area is 152 Å². The van der Waals surface area contributed by atoms with E-state index < -0.39 is 4.92 Å². The lowest BCUT2D eigenvalue weighted by molar-refractivity contribution is -0.384. The van der Waals surface area contributed by atoms with Gasteiger partial charge in [-0.05, 0) is 24.3 Å². The van der Waals surface area contributed by atoms with E-state index in [4.69, 9.17) is 4.42 Å². The van der Waals surface area contributed by atoms with Crippen LogP contribution >= 0.6 is 11.8 Å². The van der Waals surface area contributed by atoms with Crippen molar-refractivity contribution in [3.05, 3.63) is 70.7 Å². The van der Waals surface area contributed by atoms with E-state index in [0.717, 1.165) is 0 Å². The molecule has 0 fully saturated rings. The molecule has 2 heterocycles. The van der Waals surface area contributed by atoms with Crippen LogP contribution in [0.4, 0.5) is 5.69 Å². The second-order valence-electron chi connectivity index (χ2n) is 5.21. The lowest BCUT2D eigenvalue weighted by Gasteiger charge is -2.04. The summed E-state index contributed by atoms with van der Waals surface area (Å²) in [5, 5.41) is 22.3. The van der Waals surface area contributed by atoms with E-state index in [1.807, 2.05) is 0 Å². The van der Waals surface area contributed by atoms with Crippen LogP contribution in [0.25, 0.3) is 11.3 Å². The first-order valence-corrected chi connectivity index (χ1v) is 8.61. The third kappa shape index (κ3) is 4.67. The van der Waals surface area contributed by atoms with Crippen molar-refractivity contribution in [1.29, 1.82) is 0 Å². The zero-order chi connectivity index (χ0) is 18.4. The van der Waals surface area contributed by atoms with Gasteiger partial charge in [0.25, 0.3) is 5.69 Å². The molecule has 1 aromatic carbocycles. The number of nitrogens with one attached hydrogen (secondary N) is 1. The van der Waals surface area contributed by atoms with Crippen LogP contribution in [-0.2, 0) is 11.3 Å². The van der Waals surface area contributed by atoms with Gasteiger partial charge >= 0.3 is 0 Å². The number of non-ortho nitro benzene ring substituents is 1. The van der Waals surface area contributed by atoms with Gasteiger partial charge in [-0.2, -0.15) is 0 Å². The normalized spacial score (nSPS) is 10.5. The van der Waals surface area contributed by atoms with Gasteiger partial charge in [0.05, 0.1) is 29.2 Å². The van der Waals surface area contributed by atoms with Gasteiger partial charge in [-0.25, -0.2) is 0 Å².